The van der Waals surface area contributed by atoms with Crippen molar-refractivity contribution < 1.29 is 12.2 Å². The zero-order chi connectivity index (χ0) is 18.6. The predicted molar refractivity (Wildman–Crippen MR) is 96.6 cm³/mol. The third-order valence-electron chi connectivity index (χ3n) is 3.56. The number of thioether (sulfide) groups is 1. The minimum absolute atomic E-state index is 0.161. The molecule has 126 valence electrons. The molecule has 3 rings (SSSR count). The summed E-state index contributed by atoms with van der Waals surface area (Å²) in [5.41, 5.74) is 3.61. The van der Waals surface area contributed by atoms with Crippen molar-refractivity contribution in [3.63, 3.8) is 0 Å². The SMILES string of the molecule is [2H]C([2H])(CCOC)Oc1ccnc(CSc2nc3ccccc3[nH]2)c1C. The summed E-state index contributed by atoms with van der Waals surface area (Å²) in [6.07, 6.45) is 1.80. The second-order valence-corrected chi connectivity index (χ2v) is 6.18. The molecule has 0 spiro atoms. The Morgan fingerprint density at radius 3 is 3.00 bits per heavy atom. The van der Waals surface area contributed by atoms with E-state index in [0.29, 0.717) is 18.1 Å². The summed E-state index contributed by atoms with van der Waals surface area (Å²) in [7, 11) is 1.54. The van der Waals surface area contributed by atoms with Crippen LogP contribution in [0.2, 0.25) is 0 Å². The summed E-state index contributed by atoms with van der Waals surface area (Å²) >= 11 is 1.56. The number of nitrogens with zero attached hydrogens (tertiary/aromatic N) is 2. The molecule has 0 unspecified atom stereocenters. The van der Waals surface area contributed by atoms with E-state index in [1.165, 1.54) is 0 Å². The first-order valence-corrected chi connectivity index (χ1v) is 8.67. The summed E-state index contributed by atoms with van der Waals surface area (Å²) in [6, 6.07) is 9.58. The maximum Gasteiger partial charge on any atom is 0.166 e. The van der Waals surface area contributed by atoms with Crippen LogP contribution in [-0.4, -0.2) is 35.2 Å². The third-order valence-corrected chi connectivity index (χ3v) is 4.45. The molecule has 24 heavy (non-hydrogen) atoms. The summed E-state index contributed by atoms with van der Waals surface area (Å²) < 4.78 is 26.4. The fraction of sp³-hybridized carbons (Fsp3) is 0.333. The number of imidazole rings is 1. The molecule has 2 aromatic heterocycles. The average Bonchev–Trinajstić information content (AvgIpc) is 3.03. The van der Waals surface area contributed by atoms with Gasteiger partial charge in [0.05, 0.1) is 26.0 Å². The van der Waals surface area contributed by atoms with Gasteiger partial charge < -0.3 is 14.5 Å². The molecule has 0 saturated heterocycles. The monoisotopic (exact) mass is 345 g/mol. The molecule has 0 fully saturated rings. The molecule has 6 heteroatoms. The molecule has 0 aliphatic heterocycles. The molecule has 0 atom stereocenters. The number of nitrogens with one attached hydrogen (secondary N) is 1. The van der Waals surface area contributed by atoms with Gasteiger partial charge in [-0.2, -0.15) is 0 Å². The van der Waals surface area contributed by atoms with Gasteiger partial charge in [0, 0.05) is 37.7 Å². The van der Waals surface area contributed by atoms with Crippen molar-refractivity contribution in [3.8, 4) is 5.75 Å². The van der Waals surface area contributed by atoms with Gasteiger partial charge in [-0.25, -0.2) is 4.98 Å². The highest BCUT2D eigenvalue weighted by Crippen LogP contribution is 2.27. The van der Waals surface area contributed by atoms with Gasteiger partial charge in [-0.1, -0.05) is 23.9 Å². The molecule has 3 aromatic rings. The number of fused-ring (bicyclic) bond motifs is 1. The van der Waals surface area contributed by atoms with Gasteiger partial charge in [0.1, 0.15) is 5.75 Å². The number of aromatic amines is 1. The van der Waals surface area contributed by atoms with Crippen LogP contribution in [0.3, 0.4) is 0 Å². The van der Waals surface area contributed by atoms with Crippen molar-refractivity contribution in [2.24, 2.45) is 0 Å². The Balaban J connectivity index is 1.70. The highest BCUT2D eigenvalue weighted by molar-refractivity contribution is 7.98. The van der Waals surface area contributed by atoms with Crippen LogP contribution >= 0.6 is 11.8 Å². The van der Waals surface area contributed by atoms with Gasteiger partial charge in [0.25, 0.3) is 0 Å². The zero-order valence-electron chi connectivity index (χ0n) is 15.7. The van der Waals surface area contributed by atoms with E-state index in [9.17, 15) is 0 Å². The first-order valence-electron chi connectivity index (χ1n) is 8.68. The number of benzene rings is 1. The number of H-pyrrole nitrogens is 1. The number of methoxy groups -OCH3 is 1. The van der Waals surface area contributed by atoms with Crippen LogP contribution < -0.4 is 4.74 Å². The van der Waals surface area contributed by atoms with Crippen molar-refractivity contribution in [3.05, 3.63) is 47.8 Å². The minimum Gasteiger partial charge on any atom is -0.493 e. The van der Waals surface area contributed by atoms with Gasteiger partial charge in [-0.05, 0) is 25.1 Å². The standard InChI is InChI=1S/C18H21N3O2S/c1-13-16(19-9-8-17(13)23-11-5-10-22-2)12-24-18-20-14-6-3-4-7-15(14)21-18/h3-4,6-9H,5,10-12H2,1-2H3,(H,20,21)/i11D2. The van der Waals surface area contributed by atoms with Gasteiger partial charge >= 0.3 is 0 Å². The Morgan fingerprint density at radius 2 is 2.17 bits per heavy atom. The largest absolute Gasteiger partial charge is 0.493 e. The van der Waals surface area contributed by atoms with Crippen LogP contribution in [0, 0.1) is 6.92 Å². The second kappa shape index (κ2) is 8.17. The third kappa shape index (κ3) is 4.07. The topological polar surface area (TPSA) is 60.0 Å². The molecule has 0 aliphatic carbocycles. The van der Waals surface area contributed by atoms with Crippen molar-refractivity contribution in [2.45, 2.75) is 24.3 Å². The van der Waals surface area contributed by atoms with Crippen molar-refractivity contribution in [1.29, 1.82) is 0 Å². The van der Waals surface area contributed by atoms with Gasteiger partial charge in [-0.15, -0.1) is 0 Å². The van der Waals surface area contributed by atoms with E-state index in [0.717, 1.165) is 27.4 Å². The molecule has 1 aromatic carbocycles. The van der Waals surface area contributed by atoms with Crippen LogP contribution in [0.1, 0.15) is 20.4 Å². The lowest BCUT2D eigenvalue weighted by Gasteiger charge is -2.11. The molecule has 0 saturated carbocycles. The molecule has 1 N–H and O–H groups in total. The fourth-order valence-electron chi connectivity index (χ4n) is 2.22. The molecule has 0 amide bonds. The summed E-state index contributed by atoms with van der Waals surface area (Å²) in [4.78, 5) is 12.2. The van der Waals surface area contributed by atoms with Crippen LogP contribution in [0.25, 0.3) is 11.0 Å². The number of hydrogen-bond acceptors (Lipinski definition) is 5. The van der Waals surface area contributed by atoms with Crippen LogP contribution in [0.4, 0.5) is 0 Å². The van der Waals surface area contributed by atoms with Gasteiger partial charge in [0.2, 0.25) is 0 Å². The molecular formula is C18H21N3O2S. The first kappa shape index (κ1) is 14.3. The Morgan fingerprint density at radius 1 is 1.29 bits per heavy atom. The average molecular weight is 345 g/mol. The van der Waals surface area contributed by atoms with Crippen molar-refractivity contribution in [2.75, 3.05) is 20.3 Å². The highest BCUT2D eigenvalue weighted by atomic mass is 32.2. The number of aromatic nitrogens is 3. The quantitative estimate of drug-likeness (QED) is 0.626. The Kier molecular flexibility index (Phi) is 4.87. The number of ether oxygens (including phenoxy) is 2. The summed E-state index contributed by atoms with van der Waals surface area (Å²) in [6.45, 7) is 0.403. The molecule has 0 aliphatic rings. The van der Waals surface area contributed by atoms with Crippen molar-refractivity contribution in [1.82, 2.24) is 15.0 Å². The van der Waals surface area contributed by atoms with E-state index in [2.05, 4.69) is 15.0 Å². The van der Waals surface area contributed by atoms with E-state index >= 15 is 0 Å². The number of para-hydroxylation sites is 2. The van der Waals surface area contributed by atoms with Crippen LogP contribution in [0.5, 0.6) is 5.75 Å². The molecule has 0 radical (unpaired) electrons. The smallest absolute Gasteiger partial charge is 0.166 e. The van der Waals surface area contributed by atoms with E-state index in [1.807, 2.05) is 31.2 Å². The van der Waals surface area contributed by atoms with E-state index < -0.39 is 6.56 Å². The van der Waals surface area contributed by atoms with Crippen molar-refractivity contribution >= 4 is 22.8 Å². The summed E-state index contributed by atoms with van der Waals surface area (Å²) in [5, 5.41) is 0.828. The molecule has 5 nitrogen and oxygen atoms in total. The van der Waals surface area contributed by atoms with Crippen LogP contribution in [-0.2, 0) is 10.5 Å². The maximum absolute atomic E-state index is 7.96. The molecular weight excluding hydrogens is 322 g/mol. The lowest BCUT2D eigenvalue weighted by molar-refractivity contribution is 0.172. The lowest BCUT2D eigenvalue weighted by Crippen LogP contribution is -2.04. The Hall–Kier alpha value is -2.05. The number of hydrogen-bond donors (Lipinski definition) is 1. The minimum atomic E-state index is -1.79. The molecule has 0 bridgehead atoms. The Bertz CT molecular complexity index is 853. The molecule has 2 heterocycles. The number of pyridine rings is 1. The summed E-state index contributed by atoms with van der Waals surface area (Å²) in [5.74, 6) is 1.12. The highest BCUT2D eigenvalue weighted by Gasteiger charge is 2.09. The Labute approximate surface area is 148 Å². The fourth-order valence-corrected chi connectivity index (χ4v) is 3.13. The first-order chi connectivity index (χ1) is 12.5. The zero-order valence-corrected chi connectivity index (χ0v) is 14.5. The number of rotatable bonds is 8. The van der Waals surface area contributed by atoms with E-state index in [1.54, 1.807) is 31.1 Å². The van der Waals surface area contributed by atoms with Gasteiger partial charge in [-0.3, -0.25) is 4.98 Å². The van der Waals surface area contributed by atoms with Crippen LogP contribution in [0.15, 0.2) is 41.7 Å². The lowest BCUT2D eigenvalue weighted by atomic mass is 10.2. The maximum atomic E-state index is 7.96. The predicted octanol–water partition coefficient (Wildman–Crippen LogP) is 3.97. The van der Waals surface area contributed by atoms with E-state index in [-0.39, 0.29) is 6.42 Å². The van der Waals surface area contributed by atoms with Gasteiger partial charge in [0.15, 0.2) is 5.16 Å². The normalized spacial score (nSPS) is 12.9. The van der Waals surface area contributed by atoms with E-state index in [4.69, 9.17) is 12.2 Å². The second-order valence-electron chi connectivity index (χ2n) is 5.22.